The zero-order valence-corrected chi connectivity index (χ0v) is 8.61. The fourth-order valence-corrected chi connectivity index (χ4v) is 1.11. The Labute approximate surface area is 82.7 Å². The van der Waals surface area contributed by atoms with Crippen molar-refractivity contribution in [1.82, 2.24) is 20.3 Å². The maximum Gasteiger partial charge on any atom is 0.241 e. The summed E-state index contributed by atoms with van der Waals surface area (Å²) in [6.07, 6.45) is 1.60. The lowest BCUT2D eigenvalue weighted by Crippen LogP contribution is -2.35. The fourth-order valence-electron chi connectivity index (χ4n) is 1.11. The number of carbonyl (C=O) groups is 1. The Kier molecular flexibility index (Phi) is 3.44. The summed E-state index contributed by atoms with van der Waals surface area (Å²) in [6, 6.07) is -0.288. The summed E-state index contributed by atoms with van der Waals surface area (Å²) in [5, 5.41) is 13.2. The molecule has 1 heterocycles. The van der Waals surface area contributed by atoms with Gasteiger partial charge >= 0.3 is 0 Å². The fraction of sp³-hybridized carbons (Fsp3) is 0.625. The minimum absolute atomic E-state index is 0.0612. The number of nitrogens with one attached hydrogen (secondary N) is 2. The summed E-state index contributed by atoms with van der Waals surface area (Å²) in [4.78, 5) is 11.2. The number of hydrogen-bond acceptors (Lipinski definition) is 4. The molecule has 0 saturated carbocycles. The molecule has 0 aliphatic rings. The van der Waals surface area contributed by atoms with Gasteiger partial charge in [-0.2, -0.15) is 0 Å². The van der Waals surface area contributed by atoms with Gasteiger partial charge in [-0.1, -0.05) is 5.21 Å². The average molecular weight is 197 g/mol. The third kappa shape index (κ3) is 2.21. The Hall–Kier alpha value is -1.59. The van der Waals surface area contributed by atoms with Crippen LogP contribution in [-0.4, -0.2) is 34.0 Å². The summed E-state index contributed by atoms with van der Waals surface area (Å²) in [5.41, 5.74) is 0. The molecule has 0 fully saturated rings. The van der Waals surface area contributed by atoms with Crippen LogP contribution < -0.4 is 10.6 Å². The number of hydrogen-bond donors (Lipinski definition) is 2. The van der Waals surface area contributed by atoms with Gasteiger partial charge in [-0.15, -0.1) is 5.10 Å². The van der Waals surface area contributed by atoms with Crippen LogP contribution in [0, 0.1) is 0 Å². The van der Waals surface area contributed by atoms with Gasteiger partial charge in [0.05, 0.1) is 6.20 Å². The van der Waals surface area contributed by atoms with Crippen molar-refractivity contribution in [2.75, 3.05) is 12.4 Å². The Bertz CT molecular complexity index is 308. The molecule has 0 aromatic carbocycles. The molecule has 2 N–H and O–H groups in total. The summed E-state index contributed by atoms with van der Waals surface area (Å²) in [6.45, 7) is 4.47. The number of amides is 1. The number of likely N-dealkylation sites (N-methyl/N-ethyl adjacent to an activating group) is 1. The number of nitrogens with zero attached hydrogens (tertiary/aromatic N) is 3. The molecular weight excluding hydrogens is 182 g/mol. The molecule has 0 spiro atoms. The van der Waals surface area contributed by atoms with Gasteiger partial charge in [-0.05, 0) is 13.8 Å². The van der Waals surface area contributed by atoms with E-state index in [0.717, 1.165) is 12.4 Å². The van der Waals surface area contributed by atoms with E-state index in [9.17, 15) is 4.79 Å². The van der Waals surface area contributed by atoms with Crippen molar-refractivity contribution in [3.8, 4) is 0 Å². The van der Waals surface area contributed by atoms with Gasteiger partial charge in [-0.3, -0.25) is 4.79 Å². The molecule has 0 radical (unpaired) electrons. The first kappa shape index (κ1) is 10.5. The van der Waals surface area contributed by atoms with Crippen molar-refractivity contribution in [3.63, 3.8) is 0 Å². The van der Waals surface area contributed by atoms with Crippen LogP contribution in [0.4, 0.5) is 5.82 Å². The number of aromatic nitrogens is 3. The van der Waals surface area contributed by atoms with Gasteiger partial charge < -0.3 is 10.6 Å². The molecular formula is C8H15N5O. The van der Waals surface area contributed by atoms with Gasteiger partial charge in [0.15, 0.2) is 0 Å². The molecule has 78 valence electrons. The van der Waals surface area contributed by atoms with E-state index in [2.05, 4.69) is 20.9 Å². The Balaban J connectivity index is 2.64. The molecule has 6 nitrogen and oxygen atoms in total. The maximum atomic E-state index is 11.2. The van der Waals surface area contributed by atoms with E-state index in [4.69, 9.17) is 0 Å². The normalized spacial score (nSPS) is 12.2. The van der Waals surface area contributed by atoms with Crippen molar-refractivity contribution in [2.45, 2.75) is 26.4 Å². The van der Waals surface area contributed by atoms with Gasteiger partial charge in [0.2, 0.25) is 5.91 Å². The second kappa shape index (κ2) is 4.59. The number of carbonyl (C=O) groups excluding carboxylic acids is 1. The van der Waals surface area contributed by atoms with Crippen molar-refractivity contribution in [1.29, 1.82) is 0 Å². The van der Waals surface area contributed by atoms with E-state index in [1.54, 1.807) is 24.9 Å². The van der Waals surface area contributed by atoms with Gasteiger partial charge in [0.25, 0.3) is 0 Å². The SMILES string of the molecule is CCn1nncc1NC(C)C(=O)NC. The standard InChI is InChI=1S/C8H15N5O/c1-4-13-7(5-10-12-13)11-6(2)8(14)9-3/h5-6,11H,4H2,1-3H3,(H,9,14). The van der Waals surface area contributed by atoms with Crippen molar-refractivity contribution >= 4 is 11.7 Å². The Morgan fingerprint density at radius 3 is 3.00 bits per heavy atom. The quantitative estimate of drug-likeness (QED) is 0.703. The van der Waals surface area contributed by atoms with E-state index in [1.807, 2.05) is 6.92 Å². The van der Waals surface area contributed by atoms with E-state index < -0.39 is 0 Å². The van der Waals surface area contributed by atoms with E-state index in [-0.39, 0.29) is 11.9 Å². The van der Waals surface area contributed by atoms with Gasteiger partial charge in [-0.25, -0.2) is 4.68 Å². The summed E-state index contributed by atoms with van der Waals surface area (Å²) in [5.74, 6) is 0.692. The molecule has 0 bridgehead atoms. The monoisotopic (exact) mass is 197 g/mol. The minimum Gasteiger partial charge on any atom is -0.357 e. The van der Waals surface area contributed by atoms with Crippen molar-refractivity contribution < 1.29 is 4.79 Å². The smallest absolute Gasteiger partial charge is 0.241 e. The third-order valence-corrected chi connectivity index (χ3v) is 1.92. The highest BCUT2D eigenvalue weighted by Gasteiger charge is 2.12. The zero-order valence-electron chi connectivity index (χ0n) is 8.61. The Morgan fingerprint density at radius 1 is 1.71 bits per heavy atom. The molecule has 0 aliphatic carbocycles. The van der Waals surface area contributed by atoms with Crippen LogP contribution in [0.25, 0.3) is 0 Å². The highest BCUT2D eigenvalue weighted by molar-refractivity contribution is 5.83. The van der Waals surface area contributed by atoms with Crippen LogP contribution in [0.3, 0.4) is 0 Å². The second-order valence-electron chi connectivity index (χ2n) is 2.92. The summed E-state index contributed by atoms with van der Waals surface area (Å²) < 4.78 is 1.69. The summed E-state index contributed by atoms with van der Waals surface area (Å²) in [7, 11) is 1.61. The molecule has 6 heteroatoms. The van der Waals surface area contributed by atoms with Crippen LogP contribution in [0.15, 0.2) is 6.20 Å². The van der Waals surface area contributed by atoms with E-state index in [1.165, 1.54) is 0 Å². The lowest BCUT2D eigenvalue weighted by Gasteiger charge is -2.13. The third-order valence-electron chi connectivity index (χ3n) is 1.92. The molecule has 1 amide bonds. The highest BCUT2D eigenvalue weighted by Crippen LogP contribution is 2.05. The first-order chi connectivity index (χ1) is 6.69. The zero-order chi connectivity index (χ0) is 10.6. The topological polar surface area (TPSA) is 71.8 Å². The van der Waals surface area contributed by atoms with Crippen molar-refractivity contribution in [2.24, 2.45) is 0 Å². The number of anilines is 1. The van der Waals surface area contributed by atoms with Gasteiger partial charge in [0, 0.05) is 13.6 Å². The molecule has 1 atom stereocenters. The predicted octanol–water partition coefficient (Wildman–Crippen LogP) is -0.156. The van der Waals surface area contributed by atoms with E-state index in [0.29, 0.717) is 0 Å². The lowest BCUT2D eigenvalue weighted by molar-refractivity contribution is -0.121. The lowest BCUT2D eigenvalue weighted by atomic mass is 10.3. The van der Waals surface area contributed by atoms with Crippen LogP contribution >= 0.6 is 0 Å². The van der Waals surface area contributed by atoms with Gasteiger partial charge in [0.1, 0.15) is 11.9 Å². The van der Waals surface area contributed by atoms with Crippen LogP contribution in [0.5, 0.6) is 0 Å². The van der Waals surface area contributed by atoms with Crippen molar-refractivity contribution in [3.05, 3.63) is 6.20 Å². The van der Waals surface area contributed by atoms with E-state index >= 15 is 0 Å². The number of aryl methyl sites for hydroxylation is 1. The predicted molar refractivity (Wildman–Crippen MR) is 52.8 cm³/mol. The maximum absolute atomic E-state index is 11.2. The van der Waals surface area contributed by atoms with Crippen LogP contribution in [-0.2, 0) is 11.3 Å². The molecule has 0 aliphatic heterocycles. The first-order valence-corrected chi connectivity index (χ1v) is 4.55. The molecule has 1 rings (SSSR count). The molecule has 1 aromatic heterocycles. The first-order valence-electron chi connectivity index (χ1n) is 4.55. The largest absolute Gasteiger partial charge is 0.357 e. The Morgan fingerprint density at radius 2 is 2.43 bits per heavy atom. The van der Waals surface area contributed by atoms with Crippen LogP contribution in [0.1, 0.15) is 13.8 Å². The second-order valence-corrected chi connectivity index (χ2v) is 2.92. The average Bonchev–Trinajstić information content (AvgIpc) is 2.63. The van der Waals surface area contributed by atoms with Crippen LogP contribution in [0.2, 0.25) is 0 Å². The minimum atomic E-state index is -0.288. The molecule has 1 aromatic rings. The number of rotatable bonds is 4. The molecule has 1 unspecified atom stereocenters. The molecule has 0 saturated heterocycles. The highest BCUT2D eigenvalue weighted by atomic mass is 16.2. The molecule has 14 heavy (non-hydrogen) atoms. The summed E-state index contributed by atoms with van der Waals surface area (Å²) >= 11 is 0.